The van der Waals surface area contributed by atoms with Gasteiger partial charge in [-0.25, -0.2) is 0 Å². The average molecular weight is 261 g/mol. The highest BCUT2D eigenvalue weighted by atomic mass is 19.4. The van der Waals surface area contributed by atoms with Gasteiger partial charge in [0, 0.05) is 24.6 Å². The van der Waals surface area contributed by atoms with Crippen LogP contribution >= 0.6 is 0 Å². The maximum absolute atomic E-state index is 11.9. The summed E-state index contributed by atoms with van der Waals surface area (Å²) in [6, 6.07) is 3.26. The highest BCUT2D eigenvalue weighted by Gasteiger charge is 2.27. The molecule has 0 aliphatic rings. The number of hydrogen-bond donors (Lipinski definition) is 1. The van der Waals surface area contributed by atoms with Gasteiger partial charge in [0.2, 0.25) is 5.91 Å². The Hall–Kier alpha value is -1.63. The van der Waals surface area contributed by atoms with E-state index >= 15 is 0 Å². The van der Waals surface area contributed by atoms with Gasteiger partial charge in [-0.15, -0.1) is 0 Å². The first-order valence-corrected chi connectivity index (χ1v) is 5.42. The van der Waals surface area contributed by atoms with Crippen LogP contribution in [0.15, 0.2) is 24.5 Å². The molecule has 0 aliphatic carbocycles. The number of amides is 1. The zero-order valence-electron chi connectivity index (χ0n) is 9.87. The van der Waals surface area contributed by atoms with E-state index in [9.17, 15) is 18.0 Å². The minimum Gasteiger partial charge on any atom is -0.311 e. The van der Waals surface area contributed by atoms with Crippen molar-refractivity contribution in [1.82, 2.24) is 10.3 Å². The van der Waals surface area contributed by atoms with Crippen molar-refractivity contribution in [3.63, 3.8) is 0 Å². The molecule has 1 rings (SSSR count). The number of alkyl halides is 3. The summed E-state index contributed by atoms with van der Waals surface area (Å²) in [6.45, 7) is 0.612. The van der Waals surface area contributed by atoms with Gasteiger partial charge < -0.3 is 10.2 Å². The quantitative estimate of drug-likeness (QED) is 0.875. The third kappa shape index (κ3) is 4.70. The lowest BCUT2D eigenvalue weighted by Gasteiger charge is -2.21. The summed E-state index contributed by atoms with van der Waals surface area (Å²) < 4.78 is 35.7. The van der Waals surface area contributed by atoms with E-state index in [4.69, 9.17) is 0 Å². The fraction of sp³-hybridized carbons (Fsp3) is 0.455. The molecule has 1 aromatic heterocycles. The Morgan fingerprint density at radius 1 is 1.39 bits per heavy atom. The smallest absolute Gasteiger partial charge is 0.311 e. The van der Waals surface area contributed by atoms with Gasteiger partial charge in [0.25, 0.3) is 0 Å². The number of carbonyl (C=O) groups excluding carboxylic acids is 1. The van der Waals surface area contributed by atoms with Crippen molar-refractivity contribution in [1.29, 1.82) is 0 Å². The van der Waals surface area contributed by atoms with Crippen LogP contribution in [-0.2, 0) is 4.79 Å². The third-order valence-corrected chi connectivity index (χ3v) is 2.19. The minimum absolute atomic E-state index is 0.352. The lowest BCUT2D eigenvalue weighted by atomic mass is 10.3. The predicted molar refractivity (Wildman–Crippen MR) is 61.2 cm³/mol. The van der Waals surface area contributed by atoms with Crippen LogP contribution in [0, 0.1) is 0 Å². The SMILES string of the molecule is CCN(C(=O)CNCC(F)(F)F)c1ccncc1. The molecule has 0 bridgehead atoms. The molecule has 4 nitrogen and oxygen atoms in total. The molecule has 0 fully saturated rings. The molecule has 0 saturated heterocycles. The zero-order valence-corrected chi connectivity index (χ0v) is 9.87. The number of pyridine rings is 1. The van der Waals surface area contributed by atoms with Crippen molar-refractivity contribution < 1.29 is 18.0 Å². The van der Waals surface area contributed by atoms with Gasteiger partial charge in [-0.1, -0.05) is 0 Å². The maximum atomic E-state index is 11.9. The highest BCUT2D eigenvalue weighted by Crippen LogP contribution is 2.13. The summed E-state index contributed by atoms with van der Waals surface area (Å²) in [5.74, 6) is -0.409. The fourth-order valence-corrected chi connectivity index (χ4v) is 1.43. The van der Waals surface area contributed by atoms with E-state index in [2.05, 4.69) is 10.3 Å². The number of rotatable bonds is 5. The summed E-state index contributed by atoms with van der Waals surface area (Å²) in [5.41, 5.74) is 0.617. The topological polar surface area (TPSA) is 45.2 Å². The van der Waals surface area contributed by atoms with E-state index in [-0.39, 0.29) is 6.54 Å². The Bertz CT molecular complexity index is 381. The fourth-order valence-electron chi connectivity index (χ4n) is 1.43. The van der Waals surface area contributed by atoms with E-state index in [1.54, 1.807) is 19.1 Å². The largest absolute Gasteiger partial charge is 0.401 e. The van der Waals surface area contributed by atoms with Crippen molar-refractivity contribution in [3.05, 3.63) is 24.5 Å². The molecule has 0 unspecified atom stereocenters. The molecule has 0 atom stereocenters. The molecule has 1 aromatic rings. The van der Waals surface area contributed by atoms with Gasteiger partial charge in [-0.05, 0) is 19.1 Å². The molecule has 0 spiro atoms. The molecule has 0 saturated carbocycles. The molecule has 100 valence electrons. The van der Waals surface area contributed by atoms with Crippen molar-refractivity contribution in [3.8, 4) is 0 Å². The van der Waals surface area contributed by atoms with Crippen LogP contribution < -0.4 is 10.2 Å². The highest BCUT2D eigenvalue weighted by molar-refractivity contribution is 5.94. The van der Waals surface area contributed by atoms with Gasteiger partial charge in [-0.3, -0.25) is 9.78 Å². The molecular weight excluding hydrogens is 247 g/mol. The molecule has 1 amide bonds. The standard InChI is InChI=1S/C11H14F3N3O/c1-2-17(9-3-5-15-6-4-9)10(18)7-16-8-11(12,13)14/h3-6,16H,2,7-8H2,1H3. The first kappa shape index (κ1) is 14.4. The van der Waals surface area contributed by atoms with Crippen molar-refractivity contribution in [2.75, 3.05) is 24.5 Å². The Balaban J connectivity index is 2.54. The van der Waals surface area contributed by atoms with Crippen LogP contribution in [0.4, 0.5) is 18.9 Å². The van der Waals surface area contributed by atoms with E-state index in [0.29, 0.717) is 12.2 Å². The number of hydrogen-bond acceptors (Lipinski definition) is 3. The van der Waals surface area contributed by atoms with Gasteiger partial charge in [0.1, 0.15) is 0 Å². The van der Waals surface area contributed by atoms with Crippen molar-refractivity contribution in [2.45, 2.75) is 13.1 Å². The van der Waals surface area contributed by atoms with Gasteiger partial charge in [0.05, 0.1) is 13.1 Å². The second-order valence-electron chi connectivity index (χ2n) is 3.56. The Morgan fingerprint density at radius 2 is 2.00 bits per heavy atom. The second kappa shape index (κ2) is 6.34. The summed E-state index contributed by atoms with van der Waals surface area (Å²) in [4.78, 5) is 16.9. The van der Waals surface area contributed by atoms with E-state index in [1.165, 1.54) is 17.3 Å². The number of nitrogens with zero attached hydrogens (tertiary/aromatic N) is 2. The van der Waals surface area contributed by atoms with Crippen LogP contribution in [0.25, 0.3) is 0 Å². The molecule has 1 N–H and O–H groups in total. The van der Waals surface area contributed by atoms with E-state index in [0.717, 1.165) is 0 Å². The Labute approximate surface area is 103 Å². The van der Waals surface area contributed by atoms with Crippen LogP contribution in [0.2, 0.25) is 0 Å². The van der Waals surface area contributed by atoms with Gasteiger partial charge in [-0.2, -0.15) is 13.2 Å². The van der Waals surface area contributed by atoms with Crippen LogP contribution in [-0.4, -0.2) is 36.7 Å². The molecule has 0 aliphatic heterocycles. The number of carbonyl (C=O) groups is 1. The third-order valence-electron chi connectivity index (χ3n) is 2.19. The molecule has 0 radical (unpaired) electrons. The molecule has 0 aromatic carbocycles. The molecule has 18 heavy (non-hydrogen) atoms. The van der Waals surface area contributed by atoms with Crippen molar-refractivity contribution in [2.24, 2.45) is 0 Å². The van der Waals surface area contributed by atoms with Crippen LogP contribution in [0.5, 0.6) is 0 Å². The maximum Gasteiger partial charge on any atom is 0.401 e. The van der Waals surface area contributed by atoms with Crippen molar-refractivity contribution >= 4 is 11.6 Å². The zero-order chi connectivity index (χ0) is 13.6. The number of nitrogens with one attached hydrogen (secondary N) is 1. The van der Waals surface area contributed by atoms with E-state index in [1.807, 2.05) is 0 Å². The first-order chi connectivity index (χ1) is 8.44. The Morgan fingerprint density at radius 3 is 2.50 bits per heavy atom. The second-order valence-corrected chi connectivity index (χ2v) is 3.56. The Kier molecular flexibility index (Phi) is 5.08. The number of halogens is 3. The lowest BCUT2D eigenvalue weighted by Crippen LogP contribution is -2.41. The summed E-state index contributed by atoms with van der Waals surface area (Å²) >= 11 is 0. The minimum atomic E-state index is -4.31. The normalized spacial score (nSPS) is 11.3. The van der Waals surface area contributed by atoms with Crippen LogP contribution in [0.3, 0.4) is 0 Å². The monoisotopic (exact) mass is 261 g/mol. The van der Waals surface area contributed by atoms with E-state index < -0.39 is 18.6 Å². The summed E-state index contributed by atoms with van der Waals surface area (Å²) in [7, 11) is 0. The average Bonchev–Trinajstić information content (AvgIpc) is 2.29. The number of likely N-dealkylation sites (N-methyl/N-ethyl adjacent to an activating group) is 1. The molecule has 7 heteroatoms. The number of aromatic nitrogens is 1. The predicted octanol–water partition coefficient (Wildman–Crippen LogP) is 1.59. The lowest BCUT2D eigenvalue weighted by molar-refractivity contribution is -0.127. The summed E-state index contributed by atoms with van der Waals surface area (Å²) in [5, 5.41) is 2.08. The van der Waals surface area contributed by atoms with Crippen LogP contribution in [0.1, 0.15) is 6.92 Å². The van der Waals surface area contributed by atoms with Gasteiger partial charge >= 0.3 is 6.18 Å². The summed E-state index contributed by atoms with van der Waals surface area (Å²) in [6.07, 6.45) is -1.27. The first-order valence-electron chi connectivity index (χ1n) is 5.42. The molecule has 1 heterocycles. The molecular formula is C11H14F3N3O. The van der Waals surface area contributed by atoms with Gasteiger partial charge in [0.15, 0.2) is 0 Å². The number of anilines is 1.